The predicted molar refractivity (Wildman–Crippen MR) is 133 cm³/mol. The molecule has 0 saturated carbocycles. The number of Topliss-reactive ketones (excluding diaryl/α,β-unsaturated/α-hetero) is 3. The molecule has 1 aliphatic carbocycles. The SMILES string of the molecule is O=C(c1cccs1)[C@H]1[C@H](c2ccco2)C2(C(=O)c3ccccc3C2=O)[C@@H]2C=Cc3ccccc3N21. The normalized spacial score (nSPS) is 23.4. The first-order chi connectivity index (χ1) is 17.1. The summed E-state index contributed by atoms with van der Waals surface area (Å²) in [5.74, 6) is -0.944. The Kier molecular flexibility index (Phi) is 4.21. The molecule has 1 fully saturated rings. The van der Waals surface area contributed by atoms with Gasteiger partial charge in [0.05, 0.1) is 23.1 Å². The summed E-state index contributed by atoms with van der Waals surface area (Å²) in [7, 11) is 0. The lowest BCUT2D eigenvalue weighted by atomic mass is 9.66. The number of hydrogen-bond donors (Lipinski definition) is 0. The summed E-state index contributed by atoms with van der Waals surface area (Å²) >= 11 is 1.36. The molecule has 0 N–H and O–H groups in total. The van der Waals surface area contributed by atoms with Crippen LogP contribution in [0, 0.1) is 5.41 Å². The van der Waals surface area contributed by atoms with Crippen LogP contribution >= 0.6 is 11.3 Å². The van der Waals surface area contributed by atoms with Gasteiger partial charge in [-0.2, -0.15) is 0 Å². The molecular weight excluding hydrogens is 458 g/mol. The van der Waals surface area contributed by atoms with Gasteiger partial charge in [-0.05, 0) is 35.2 Å². The van der Waals surface area contributed by atoms with Crippen molar-refractivity contribution in [2.75, 3.05) is 4.90 Å². The maximum Gasteiger partial charge on any atom is 0.195 e. The number of nitrogens with zero attached hydrogens (tertiary/aromatic N) is 1. The Morgan fingerprint density at radius 2 is 1.63 bits per heavy atom. The fourth-order valence-corrected chi connectivity index (χ4v) is 6.96. The standard InChI is InChI=1S/C29H19NO4S/c31-26(22-12-6-16-35-22)25-24(21-11-5-15-34-21)29(27(32)18-8-2-3-9-19(18)28(29)33)23-14-13-17-7-1-4-10-20(17)30(23)25/h1-16,23-25H/t23-,24-,25+/m0/s1. The van der Waals surface area contributed by atoms with Crippen LogP contribution in [0.25, 0.3) is 6.08 Å². The van der Waals surface area contributed by atoms with Gasteiger partial charge in [0.25, 0.3) is 0 Å². The van der Waals surface area contributed by atoms with Crippen molar-refractivity contribution in [3.63, 3.8) is 0 Å². The molecule has 3 aliphatic rings. The number of ketones is 3. The first kappa shape index (κ1) is 20.4. The van der Waals surface area contributed by atoms with Crippen molar-refractivity contribution >= 4 is 40.4 Å². The molecule has 4 heterocycles. The highest BCUT2D eigenvalue weighted by Crippen LogP contribution is 2.61. The van der Waals surface area contributed by atoms with E-state index in [9.17, 15) is 14.4 Å². The van der Waals surface area contributed by atoms with E-state index < -0.39 is 23.4 Å². The number of carbonyl (C=O) groups is 3. The van der Waals surface area contributed by atoms with Crippen molar-refractivity contribution in [2.45, 2.75) is 18.0 Å². The number of benzene rings is 2. The highest BCUT2D eigenvalue weighted by Gasteiger charge is 2.72. The summed E-state index contributed by atoms with van der Waals surface area (Å²) < 4.78 is 5.89. The van der Waals surface area contributed by atoms with Crippen LogP contribution in [0.3, 0.4) is 0 Å². The van der Waals surface area contributed by atoms with E-state index in [1.54, 1.807) is 42.5 Å². The number of carbonyl (C=O) groups excluding carboxylic acids is 3. The minimum atomic E-state index is -1.51. The van der Waals surface area contributed by atoms with Gasteiger partial charge in [-0.25, -0.2) is 0 Å². The topological polar surface area (TPSA) is 67.6 Å². The van der Waals surface area contributed by atoms with Gasteiger partial charge in [-0.3, -0.25) is 14.4 Å². The van der Waals surface area contributed by atoms with E-state index in [0.717, 1.165) is 11.3 Å². The second kappa shape index (κ2) is 7.23. The van der Waals surface area contributed by atoms with Crippen molar-refractivity contribution in [3.05, 3.63) is 118 Å². The Morgan fingerprint density at radius 3 is 2.31 bits per heavy atom. The zero-order chi connectivity index (χ0) is 23.7. The summed E-state index contributed by atoms with van der Waals surface area (Å²) in [6.45, 7) is 0. The molecule has 6 heteroatoms. The second-order valence-corrected chi connectivity index (χ2v) is 10.1. The number of fused-ring (bicyclic) bond motifs is 5. The summed E-state index contributed by atoms with van der Waals surface area (Å²) in [4.78, 5) is 45.4. The van der Waals surface area contributed by atoms with E-state index in [4.69, 9.17) is 4.42 Å². The third kappa shape index (κ3) is 2.49. The predicted octanol–water partition coefficient (Wildman–Crippen LogP) is 5.66. The van der Waals surface area contributed by atoms with Crippen LogP contribution in [0.1, 0.15) is 47.6 Å². The van der Waals surface area contributed by atoms with Gasteiger partial charge in [0.15, 0.2) is 17.3 Å². The van der Waals surface area contributed by atoms with Crippen molar-refractivity contribution in [1.82, 2.24) is 0 Å². The van der Waals surface area contributed by atoms with Gasteiger partial charge in [-0.1, -0.05) is 60.7 Å². The summed E-state index contributed by atoms with van der Waals surface area (Å²) in [6.07, 6.45) is 5.41. The molecule has 0 amide bonds. The van der Waals surface area contributed by atoms with E-state index in [-0.39, 0.29) is 17.3 Å². The fraction of sp³-hybridized carbons (Fsp3) is 0.138. The summed E-state index contributed by atoms with van der Waals surface area (Å²) in [5, 5.41) is 1.86. The van der Waals surface area contributed by atoms with E-state index in [1.807, 2.05) is 52.8 Å². The molecule has 1 saturated heterocycles. The molecule has 1 spiro atoms. The lowest BCUT2D eigenvalue weighted by Crippen LogP contribution is -2.48. The number of anilines is 1. The third-order valence-electron chi connectivity index (χ3n) is 7.60. The quantitative estimate of drug-likeness (QED) is 0.281. The lowest BCUT2D eigenvalue weighted by Gasteiger charge is -2.37. The average Bonchev–Trinajstić information content (AvgIpc) is 3.69. The van der Waals surface area contributed by atoms with Gasteiger partial charge in [0.2, 0.25) is 0 Å². The van der Waals surface area contributed by atoms with E-state index in [0.29, 0.717) is 21.8 Å². The van der Waals surface area contributed by atoms with Crippen LogP contribution in [0.5, 0.6) is 0 Å². The molecule has 170 valence electrons. The van der Waals surface area contributed by atoms with Crippen molar-refractivity contribution < 1.29 is 18.8 Å². The second-order valence-electron chi connectivity index (χ2n) is 9.12. The largest absolute Gasteiger partial charge is 0.469 e. The molecule has 4 aromatic rings. The molecular formula is C29H19NO4S. The zero-order valence-corrected chi connectivity index (χ0v) is 19.3. The summed E-state index contributed by atoms with van der Waals surface area (Å²) in [5.41, 5.74) is 1.08. The maximum absolute atomic E-state index is 14.3. The highest BCUT2D eigenvalue weighted by molar-refractivity contribution is 7.12. The van der Waals surface area contributed by atoms with Crippen LogP contribution in [0.4, 0.5) is 5.69 Å². The Morgan fingerprint density at radius 1 is 0.886 bits per heavy atom. The molecule has 3 atom stereocenters. The maximum atomic E-state index is 14.3. The number of hydrogen-bond acceptors (Lipinski definition) is 6. The number of thiophene rings is 1. The first-order valence-corrected chi connectivity index (χ1v) is 12.4. The van der Waals surface area contributed by atoms with Gasteiger partial charge in [0, 0.05) is 16.8 Å². The number of rotatable bonds is 3. The molecule has 0 unspecified atom stereocenters. The third-order valence-corrected chi connectivity index (χ3v) is 8.48. The van der Waals surface area contributed by atoms with E-state index in [2.05, 4.69) is 0 Å². The molecule has 0 bridgehead atoms. The minimum absolute atomic E-state index is 0.120. The van der Waals surface area contributed by atoms with Crippen molar-refractivity contribution in [1.29, 1.82) is 0 Å². The number of para-hydroxylation sites is 1. The molecule has 2 aliphatic heterocycles. The Balaban J connectivity index is 1.55. The van der Waals surface area contributed by atoms with Crippen LogP contribution in [-0.4, -0.2) is 29.4 Å². The molecule has 2 aromatic heterocycles. The van der Waals surface area contributed by atoms with Gasteiger partial charge in [0.1, 0.15) is 17.2 Å². The fourth-order valence-electron chi connectivity index (χ4n) is 6.26. The first-order valence-electron chi connectivity index (χ1n) is 11.5. The van der Waals surface area contributed by atoms with Gasteiger partial charge >= 0.3 is 0 Å². The Bertz CT molecular complexity index is 1500. The average molecular weight is 478 g/mol. The Labute approximate surface area is 205 Å². The van der Waals surface area contributed by atoms with Gasteiger partial charge in [-0.15, -0.1) is 11.3 Å². The van der Waals surface area contributed by atoms with E-state index >= 15 is 0 Å². The molecule has 0 radical (unpaired) electrons. The molecule has 5 nitrogen and oxygen atoms in total. The van der Waals surface area contributed by atoms with Crippen LogP contribution in [0.2, 0.25) is 0 Å². The Hall–Kier alpha value is -4.03. The molecule has 7 rings (SSSR count). The monoisotopic (exact) mass is 477 g/mol. The molecule has 2 aromatic carbocycles. The number of furan rings is 1. The minimum Gasteiger partial charge on any atom is -0.469 e. The zero-order valence-electron chi connectivity index (χ0n) is 18.5. The highest BCUT2D eigenvalue weighted by atomic mass is 32.1. The van der Waals surface area contributed by atoms with Gasteiger partial charge < -0.3 is 9.32 Å². The van der Waals surface area contributed by atoms with Crippen LogP contribution < -0.4 is 4.90 Å². The van der Waals surface area contributed by atoms with Crippen molar-refractivity contribution in [3.8, 4) is 0 Å². The molecule has 35 heavy (non-hydrogen) atoms. The smallest absolute Gasteiger partial charge is 0.195 e. The summed E-state index contributed by atoms with van der Waals surface area (Å²) in [6, 6.07) is 20.5. The lowest BCUT2D eigenvalue weighted by molar-refractivity contribution is 0.0652. The van der Waals surface area contributed by atoms with Crippen LogP contribution in [-0.2, 0) is 0 Å². The van der Waals surface area contributed by atoms with Crippen molar-refractivity contribution in [2.24, 2.45) is 5.41 Å². The van der Waals surface area contributed by atoms with Crippen LogP contribution in [0.15, 0.2) is 94.9 Å². The van der Waals surface area contributed by atoms with E-state index in [1.165, 1.54) is 17.6 Å².